The first kappa shape index (κ1) is 20.4. The summed E-state index contributed by atoms with van der Waals surface area (Å²) in [5, 5.41) is -0.0382. The summed E-state index contributed by atoms with van der Waals surface area (Å²) >= 11 is 1.78. The summed E-state index contributed by atoms with van der Waals surface area (Å²) < 4.78 is 11.6. The van der Waals surface area contributed by atoms with E-state index >= 15 is 0 Å². The minimum Gasteiger partial charge on any atom is -0.493 e. The van der Waals surface area contributed by atoms with E-state index in [1.807, 2.05) is 84.6 Å². The third-order valence-corrected chi connectivity index (χ3v) is 6.42. The Morgan fingerprint density at radius 2 is 1.80 bits per heavy atom. The third-order valence-electron chi connectivity index (χ3n) is 5.16. The average molecular weight is 420 g/mol. The van der Waals surface area contributed by atoms with Crippen molar-refractivity contribution in [3.05, 3.63) is 95.1 Å². The zero-order valence-corrected chi connectivity index (χ0v) is 18.0. The summed E-state index contributed by atoms with van der Waals surface area (Å²) in [6.07, 6.45) is 0. The van der Waals surface area contributed by atoms with Crippen LogP contribution in [0.4, 0.5) is 0 Å². The van der Waals surface area contributed by atoms with Crippen LogP contribution in [0, 0.1) is 6.92 Å². The first-order valence-corrected chi connectivity index (χ1v) is 11.0. The fourth-order valence-electron chi connectivity index (χ4n) is 3.51. The van der Waals surface area contributed by atoms with Crippen LogP contribution in [0.5, 0.6) is 11.5 Å². The first-order chi connectivity index (χ1) is 14.7. The van der Waals surface area contributed by atoms with Crippen LogP contribution in [0.3, 0.4) is 0 Å². The minimum atomic E-state index is -0.0382. The molecule has 4 rings (SSSR count). The van der Waals surface area contributed by atoms with Crippen molar-refractivity contribution in [2.24, 2.45) is 0 Å². The van der Waals surface area contributed by atoms with Gasteiger partial charge in [-0.25, -0.2) is 0 Å². The van der Waals surface area contributed by atoms with Crippen molar-refractivity contribution < 1.29 is 14.3 Å². The predicted molar refractivity (Wildman–Crippen MR) is 121 cm³/mol. The number of amides is 1. The van der Waals surface area contributed by atoms with E-state index < -0.39 is 0 Å². The number of ether oxygens (including phenoxy) is 2. The molecular formula is C25H25NO3S. The maximum Gasteiger partial charge on any atom is 0.255 e. The molecule has 4 nitrogen and oxygen atoms in total. The zero-order chi connectivity index (χ0) is 20.9. The number of carbonyl (C=O) groups is 1. The van der Waals surface area contributed by atoms with Gasteiger partial charge in [0.1, 0.15) is 12.0 Å². The SMILES string of the molecule is COc1ccc(C2SCCN2C(=O)c2ccc(C)cc2)cc1OCc1ccccc1. The van der Waals surface area contributed by atoms with E-state index in [2.05, 4.69) is 0 Å². The molecule has 154 valence electrons. The second-order valence-corrected chi connectivity index (χ2v) is 8.46. The van der Waals surface area contributed by atoms with Crippen molar-refractivity contribution in [3.63, 3.8) is 0 Å². The summed E-state index contributed by atoms with van der Waals surface area (Å²) in [4.78, 5) is 15.1. The summed E-state index contributed by atoms with van der Waals surface area (Å²) in [5.74, 6) is 2.35. The molecule has 0 aliphatic carbocycles. The van der Waals surface area contributed by atoms with Gasteiger partial charge in [0, 0.05) is 17.9 Å². The van der Waals surface area contributed by atoms with Crippen LogP contribution in [0.1, 0.15) is 32.4 Å². The smallest absolute Gasteiger partial charge is 0.255 e. The highest BCUT2D eigenvalue weighted by molar-refractivity contribution is 7.99. The standard InChI is InChI=1S/C25H25NO3S/c1-18-8-10-20(11-9-18)24(27)26-14-15-30-25(26)21-12-13-22(28-2)23(16-21)29-17-19-6-4-3-5-7-19/h3-13,16,25H,14-15,17H2,1-2H3. The van der Waals surface area contributed by atoms with Gasteiger partial charge in [-0.3, -0.25) is 4.79 Å². The fraction of sp³-hybridized carbons (Fsp3) is 0.240. The van der Waals surface area contributed by atoms with E-state index in [1.54, 1.807) is 18.9 Å². The lowest BCUT2D eigenvalue weighted by atomic mass is 10.1. The van der Waals surface area contributed by atoms with Crippen molar-refractivity contribution in [3.8, 4) is 11.5 Å². The molecule has 1 heterocycles. The molecule has 1 aliphatic rings. The van der Waals surface area contributed by atoms with Gasteiger partial charge >= 0.3 is 0 Å². The molecule has 0 spiro atoms. The van der Waals surface area contributed by atoms with Gasteiger partial charge in [-0.05, 0) is 42.3 Å². The van der Waals surface area contributed by atoms with Crippen molar-refractivity contribution in [2.75, 3.05) is 19.4 Å². The highest BCUT2D eigenvalue weighted by Gasteiger charge is 2.31. The van der Waals surface area contributed by atoms with Gasteiger partial charge in [0.15, 0.2) is 11.5 Å². The number of thioether (sulfide) groups is 1. The second-order valence-electron chi connectivity index (χ2n) is 7.27. The number of rotatable bonds is 6. The Kier molecular flexibility index (Phi) is 6.29. The molecule has 1 unspecified atom stereocenters. The fourth-order valence-corrected chi connectivity index (χ4v) is 4.76. The molecule has 0 N–H and O–H groups in total. The van der Waals surface area contributed by atoms with E-state index in [0.29, 0.717) is 18.1 Å². The van der Waals surface area contributed by atoms with Gasteiger partial charge in [-0.15, -0.1) is 11.8 Å². The Bertz CT molecular complexity index is 1000. The van der Waals surface area contributed by atoms with Gasteiger partial charge in [0.25, 0.3) is 5.91 Å². The number of benzene rings is 3. The van der Waals surface area contributed by atoms with Crippen LogP contribution in [0.2, 0.25) is 0 Å². The Morgan fingerprint density at radius 3 is 2.53 bits per heavy atom. The van der Waals surface area contributed by atoms with Crippen molar-refractivity contribution >= 4 is 17.7 Å². The summed E-state index contributed by atoms with van der Waals surface area (Å²) in [5.41, 5.74) is 4.01. The Labute approximate surface area is 181 Å². The molecule has 1 fully saturated rings. The number of carbonyl (C=O) groups excluding carboxylic acids is 1. The molecule has 1 atom stereocenters. The first-order valence-electron chi connectivity index (χ1n) is 9.99. The normalized spacial score (nSPS) is 15.8. The lowest BCUT2D eigenvalue weighted by Crippen LogP contribution is -2.30. The van der Waals surface area contributed by atoms with Crippen LogP contribution in [0.25, 0.3) is 0 Å². The monoisotopic (exact) mass is 419 g/mol. The van der Waals surface area contributed by atoms with Gasteiger partial charge in [-0.1, -0.05) is 54.1 Å². The van der Waals surface area contributed by atoms with E-state index in [-0.39, 0.29) is 11.3 Å². The highest BCUT2D eigenvalue weighted by atomic mass is 32.2. The van der Waals surface area contributed by atoms with Crippen LogP contribution in [0.15, 0.2) is 72.8 Å². The van der Waals surface area contributed by atoms with Crippen LogP contribution < -0.4 is 9.47 Å². The van der Waals surface area contributed by atoms with E-state index in [1.165, 1.54) is 0 Å². The maximum absolute atomic E-state index is 13.1. The average Bonchev–Trinajstić information content (AvgIpc) is 3.28. The molecule has 0 aromatic heterocycles. The number of hydrogen-bond donors (Lipinski definition) is 0. The highest BCUT2D eigenvalue weighted by Crippen LogP contribution is 2.41. The van der Waals surface area contributed by atoms with E-state index in [0.717, 1.165) is 34.6 Å². The van der Waals surface area contributed by atoms with Gasteiger partial charge in [0.2, 0.25) is 0 Å². The Balaban J connectivity index is 1.56. The Morgan fingerprint density at radius 1 is 1.03 bits per heavy atom. The van der Waals surface area contributed by atoms with Crippen molar-refractivity contribution in [1.82, 2.24) is 4.90 Å². The summed E-state index contributed by atoms with van der Waals surface area (Å²) in [6.45, 7) is 3.22. The molecule has 3 aromatic carbocycles. The Hall–Kier alpha value is -2.92. The molecule has 0 bridgehead atoms. The predicted octanol–water partition coefficient (Wildman–Crippen LogP) is 5.47. The third kappa shape index (κ3) is 4.46. The second kappa shape index (κ2) is 9.26. The largest absolute Gasteiger partial charge is 0.493 e. The van der Waals surface area contributed by atoms with E-state index in [4.69, 9.17) is 9.47 Å². The molecule has 30 heavy (non-hydrogen) atoms. The maximum atomic E-state index is 13.1. The molecule has 1 saturated heterocycles. The van der Waals surface area contributed by atoms with Crippen LogP contribution >= 0.6 is 11.8 Å². The number of nitrogens with zero attached hydrogens (tertiary/aromatic N) is 1. The van der Waals surface area contributed by atoms with Crippen LogP contribution in [-0.2, 0) is 6.61 Å². The number of aryl methyl sites for hydroxylation is 1. The zero-order valence-electron chi connectivity index (χ0n) is 17.2. The molecule has 1 amide bonds. The van der Waals surface area contributed by atoms with Crippen molar-refractivity contribution in [2.45, 2.75) is 18.9 Å². The quantitative estimate of drug-likeness (QED) is 0.531. The minimum absolute atomic E-state index is 0.0382. The molecule has 0 radical (unpaired) electrons. The molecule has 5 heteroatoms. The van der Waals surface area contributed by atoms with E-state index in [9.17, 15) is 4.79 Å². The molecular weight excluding hydrogens is 394 g/mol. The summed E-state index contributed by atoms with van der Waals surface area (Å²) in [6, 6.07) is 23.8. The van der Waals surface area contributed by atoms with Crippen LogP contribution in [-0.4, -0.2) is 30.2 Å². The topological polar surface area (TPSA) is 38.8 Å². The van der Waals surface area contributed by atoms with Crippen molar-refractivity contribution in [1.29, 1.82) is 0 Å². The molecule has 1 aliphatic heterocycles. The van der Waals surface area contributed by atoms with Gasteiger partial charge in [0.05, 0.1) is 7.11 Å². The van der Waals surface area contributed by atoms with Gasteiger partial charge < -0.3 is 14.4 Å². The molecule has 0 saturated carbocycles. The lowest BCUT2D eigenvalue weighted by Gasteiger charge is -2.25. The van der Waals surface area contributed by atoms with Gasteiger partial charge in [-0.2, -0.15) is 0 Å². The number of methoxy groups -OCH3 is 1. The summed E-state index contributed by atoms with van der Waals surface area (Å²) in [7, 11) is 1.64. The lowest BCUT2D eigenvalue weighted by molar-refractivity contribution is 0.0760. The molecule has 3 aromatic rings. The number of hydrogen-bond acceptors (Lipinski definition) is 4.